The number of carbonyl (C=O) groups excluding carboxylic acids is 1. The number of aromatic nitrogens is 3. The average Bonchev–Trinajstić information content (AvgIpc) is 3.44. The Hall–Kier alpha value is -4.46. The van der Waals surface area contributed by atoms with E-state index in [1.165, 1.54) is 30.5 Å². The number of carbonyl (C=O) groups is 1. The fourth-order valence-corrected chi connectivity index (χ4v) is 4.25. The van der Waals surface area contributed by atoms with Crippen LogP contribution >= 0.6 is 0 Å². The highest BCUT2D eigenvalue weighted by Gasteiger charge is 2.31. The predicted octanol–water partition coefficient (Wildman–Crippen LogP) is 5.67. The summed E-state index contributed by atoms with van der Waals surface area (Å²) >= 11 is 0. The predicted molar refractivity (Wildman–Crippen MR) is 132 cm³/mol. The maximum absolute atomic E-state index is 13.0. The first-order chi connectivity index (χ1) is 19.4. The van der Waals surface area contributed by atoms with Crippen LogP contribution in [0.15, 0.2) is 71.4 Å². The van der Waals surface area contributed by atoms with Crippen LogP contribution in [0.3, 0.4) is 0 Å². The van der Waals surface area contributed by atoms with Gasteiger partial charge in [0, 0.05) is 44.5 Å². The highest BCUT2D eigenvalue weighted by Crippen LogP contribution is 2.31. The zero-order chi connectivity index (χ0) is 29.2. The first-order valence-corrected chi connectivity index (χ1v) is 12.3. The van der Waals surface area contributed by atoms with E-state index >= 15 is 0 Å². The van der Waals surface area contributed by atoms with Crippen LogP contribution in [0.2, 0.25) is 0 Å². The summed E-state index contributed by atoms with van der Waals surface area (Å²) < 4.78 is 84.4. The van der Waals surface area contributed by atoms with Crippen LogP contribution in [-0.4, -0.2) is 63.4 Å². The molecule has 214 valence electrons. The van der Waals surface area contributed by atoms with Crippen molar-refractivity contribution in [2.45, 2.75) is 19.1 Å². The summed E-state index contributed by atoms with van der Waals surface area (Å²) in [4.78, 5) is 25.2. The monoisotopic (exact) mass is 577 g/mol. The van der Waals surface area contributed by atoms with E-state index in [1.807, 2.05) is 0 Å². The van der Waals surface area contributed by atoms with Crippen molar-refractivity contribution in [1.29, 1.82) is 0 Å². The van der Waals surface area contributed by atoms with Gasteiger partial charge in [-0.1, -0.05) is 29.4 Å². The number of hydrogen-bond acceptors (Lipinski definition) is 7. The highest BCUT2D eigenvalue weighted by molar-refractivity contribution is 5.94. The molecule has 2 aromatic heterocycles. The Labute approximate surface area is 229 Å². The lowest BCUT2D eigenvalue weighted by molar-refractivity contribution is -0.274. The van der Waals surface area contributed by atoms with Gasteiger partial charge in [0.05, 0.1) is 11.1 Å². The van der Waals surface area contributed by atoms with Gasteiger partial charge in [-0.3, -0.25) is 14.7 Å². The van der Waals surface area contributed by atoms with Gasteiger partial charge in [0.25, 0.3) is 11.8 Å². The van der Waals surface area contributed by atoms with Gasteiger partial charge in [-0.05, 0) is 42.0 Å². The number of hydrogen-bond donors (Lipinski definition) is 0. The van der Waals surface area contributed by atoms with Crippen LogP contribution in [-0.2, 0) is 12.7 Å². The first-order valence-electron chi connectivity index (χ1n) is 12.3. The summed E-state index contributed by atoms with van der Waals surface area (Å²) in [6, 6.07) is 13.1. The molecule has 0 spiro atoms. The second-order valence-electron chi connectivity index (χ2n) is 9.19. The summed E-state index contributed by atoms with van der Waals surface area (Å²) in [5.41, 5.74) is 1.02. The van der Waals surface area contributed by atoms with E-state index in [1.54, 1.807) is 29.2 Å². The molecule has 41 heavy (non-hydrogen) atoms. The smallest absolute Gasteiger partial charge is 0.406 e. The third kappa shape index (κ3) is 7.01. The van der Waals surface area contributed by atoms with Gasteiger partial charge in [0.2, 0.25) is 5.82 Å². The van der Waals surface area contributed by atoms with Crippen LogP contribution in [0, 0.1) is 0 Å². The van der Waals surface area contributed by atoms with Crippen molar-refractivity contribution in [3.63, 3.8) is 0 Å². The zero-order valence-corrected chi connectivity index (χ0v) is 21.1. The zero-order valence-electron chi connectivity index (χ0n) is 21.1. The van der Waals surface area contributed by atoms with E-state index in [2.05, 4.69) is 24.8 Å². The number of halogens is 6. The lowest BCUT2D eigenvalue weighted by Crippen LogP contribution is -2.48. The van der Waals surface area contributed by atoms with Gasteiger partial charge in [-0.25, -0.2) is 0 Å². The first kappa shape index (κ1) is 28.1. The molecule has 1 saturated heterocycles. The molecule has 1 fully saturated rings. The Balaban J connectivity index is 1.15. The van der Waals surface area contributed by atoms with Crippen LogP contribution in [0.5, 0.6) is 5.75 Å². The van der Waals surface area contributed by atoms with Gasteiger partial charge < -0.3 is 14.2 Å². The molecular formula is C27H21F6N5O3. The summed E-state index contributed by atoms with van der Waals surface area (Å²) in [6.07, 6.45) is -7.81. The number of nitrogens with zero attached hydrogens (tertiary/aromatic N) is 5. The second-order valence-corrected chi connectivity index (χ2v) is 9.19. The SMILES string of the molecule is O=C(c1ccc(-c2nc(-c3ccc(C(F)(F)F)cc3)no2)nc1)N1CCN(Cc2ccc(OC(F)(F)F)cc2)CC1. The Morgan fingerprint density at radius 1 is 0.878 bits per heavy atom. The number of pyridine rings is 1. The van der Waals surface area contributed by atoms with Gasteiger partial charge in [0.15, 0.2) is 0 Å². The lowest BCUT2D eigenvalue weighted by atomic mass is 10.1. The minimum atomic E-state index is -4.74. The molecule has 1 aliphatic heterocycles. The molecular weight excluding hydrogens is 556 g/mol. The molecule has 0 aliphatic carbocycles. The number of benzene rings is 2. The fraction of sp³-hybridized carbons (Fsp3) is 0.259. The molecule has 0 unspecified atom stereocenters. The van der Waals surface area contributed by atoms with E-state index in [0.29, 0.717) is 49.5 Å². The van der Waals surface area contributed by atoms with Crippen LogP contribution in [0.4, 0.5) is 26.3 Å². The molecule has 14 heteroatoms. The van der Waals surface area contributed by atoms with Crippen LogP contribution < -0.4 is 4.74 Å². The van der Waals surface area contributed by atoms with Crippen molar-refractivity contribution in [3.05, 3.63) is 83.6 Å². The molecule has 8 nitrogen and oxygen atoms in total. The average molecular weight is 577 g/mol. The van der Waals surface area contributed by atoms with Crippen LogP contribution in [0.25, 0.3) is 23.0 Å². The Bertz CT molecular complexity index is 1480. The summed E-state index contributed by atoms with van der Waals surface area (Å²) in [5.74, 6) is -0.354. The standard InChI is InChI=1S/C27H21F6N5O3/c28-26(29,30)20-6-3-18(4-7-20)23-35-24(41-36-23)22-10-5-19(15-34-22)25(39)38-13-11-37(12-14-38)16-17-1-8-21(9-2-17)40-27(31,32)33/h1-10,15H,11-14,16H2. The maximum Gasteiger partial charge on any atom is 0.573 e. The minimum absolute atomic E-state index is 0.0468. The van der Waals surface area contributed by atoms with Crippen molar-refractivity contribution >= 4 is 5.91 Å². The van der Waals surface area contributed by atoms with Gasteiger partial charge in [-0.2, -0.15) is 18.2 Å². The molecule has 5 rings (SSSR count). The van der Waals surface area contributed by atoms with E-state index in [0.717, 1.165) is 17.7 Å². The Morgan fingerprint density at radius 2 is 1.56 bits per heavy atom. The van der Waals surface area contributed by atoms with Crippen molar-refractivity contribution in [2.75, 3.05) is 26.2 Å². The highest BCUT2D eigenvalue weighted by atomic mass is 19.4. The quantitative estimate of drug-likeness (QED) is 0.273. The summed E-state index contributed by atoms with van der Waals surface area (Å²) in [5, 5.41) is 3.80. The van der Waals surface area contributed by atoms with Gasteiger partial charge in [-0.15, -0.1) is 13.2 Å². The molecule has 2 aromatic carbocycles. The molecule has 0 N–H and O–H groups in total. The molecule has 0 saturated carbocycles. The molecule has 1 amide bonds. The number of rotatable bonds is 6. The van der Waals surface area contributed by atoms with E-state index in [-0.39, 0.29) is 23.4 Å². The Morgan fingerprint density at radius 3 is 2.15 bits per heavy atom. The minimum Gasteiger partial charge on any atom is -0.406 e. The molecule has 0 bridgehead atoms. The fourth-order valence-electron chi connectivity index (χ4n) is 4.25. The third-order valence-corrected chi connectivity index (χ3v) is 6.35. The molecule has 0 radical (unpaired) electrons. The van der Waals surface area contributed by atoms with Gasteiger partial charge in [0.1, 0.15) is 11.4 Å². The topological polar surface area (TPSA) is 84.6 Å². The molecule has 0 atom stereocenters. The molecule has 3 heterocycles. The van der Waals surface area contributed by atoms with Crippen LogP contribution in [0.1, 0.15) is 21.5 Å². The van der Waals surface area contributed by atoms with E-state index in [9.17, 15) is 31.1 Å². The molecule has 1 aliphatic rings. The normalized spacial score (nSPS) is 14.7. The van der Waals surface area contributed by atoms with Gasteiger partial charge >= 0.3 is 12.5 Å². The second kappa shape index (κ2) is 11.2. The van der Waals surface area contributed by atoms with Crippen molar-refractivity contribution in [3.8, 4) is 28.7 Å². The third-order valence-electron chi connectivity index (χ3n) is 6.35. The number of amides is 1. The number of piperazine rings is 1. The number of ether oxygens (including phenoxy) is 1. The van der Waals surface area contributed by atoms with Crippen molar-refractivity contribution < 1.29 is 40.4 Å². The number of alkyl halides is 6. The summed E-state index contributed by atoms with van der Waals surface area (Å²) in [7, 11) is 0. The Kier molecular flexibility index (Phi) is 7.67. The lowest BCUT2D eigenvalue weighted by Gasteiger charge is -2.34. The summed E-state index contributed by atoms with van der Waals surface area (Å²) in [6.45, 7) is 2.58. The molecule has 4 aromatic rings. The largest absolute Gasteiger partial charge is 0.573 e. The van der Waals surface area contributed by atoms with E-state index in [4.69, 9.17) is 4.52 Å². The van der Waals surface area contributed by atoms with E-state index < -0.39 is 18.1 Å². The van der Waals surface area contributed by atoms with Crippen molar-refractivity contribution in [1.82, 2.24) is 24.9 Å². The van der Waals surface area contributed by atoms with Crippen molar-refractivity contribution in [2.24, 2.45) is 0 Å². The maximum atomic E-state index is 13.0.